The fourth-order valence-electron chi connectivity index (χ4n) is 3.33. The van der Waals surface area contributed by atoms with Crippen LogP contribution < -0.4 is 10.3 Å². The average Bonchev–Trinajstić information content (AvgIpc) is 2.95. The Labute approximate surface area is 158 Å². The first-order chi connectivity index (χ1) is 12.0. The Bertz CT molecular complexity index is 989. The Morgan fingerprint density at radius 3 is 2.64 bits per heavy atom. The summed E-state index contributed by atoms with van der Waals surface area (Å²) in [5, 5.41) is 0.802. The van der Waals surface area contributed by atoms with Gasteiger partial charge in [-0.1, -0.05) is 15.9 Å². The summed E-state index contributed by atoms with van der Waals surface area (Å²) in [6.07, 6.45) is 4.38. The van der Waals surface area contributed by atoms with Crippen LogP contribution in [-0.2, 0) is 12.8 Å². The first-order valence-corrected chi connectivity index (χ1v) is 10.2. The van der Waals surface area contributed by atoms with E-state index in [9.17, 15) is 4.79 Å². The van der Waals surface area contributed by atoms with Crippen LogP contribution in [0, 0.1) is 0 Å². The molecule has 0 fully saturated rings. The van der Waals surface area contributed by atoms with Crippen LogP contribution in [0.15, 0.2) is 33.5 Å². The Morgan fingerprint density at radius 2 is 1.92 bits per heavy atom. The second-order valence-corrected chi connectivity index (χ2v) is 8.61. The van der Waals surface area contributed by atoms with E-state index < -0.39 is 0 Å². The number of fused-ring (bicyclic) bond motifs is 3. The van der Waals surface area contributed by atoms with Crippen molar-refractivity contribution in [3.8, 4) is 11.8 Å². The summed E-state index contributed by atoms with van der Waals surface area (Å²) < 4.78 is 8.64. The van der Waals surface area contributed by atoms with Crippen molar-refractivity contribution in [2.45, 2.75) is 45.6 Å². The van der Waals surface area contributed by atoms with Gasteiger partial charge >= 0.3 is 6.01 Å². The molecule has 25 heavy (non-hydrogen) atoms. The van der Waals surface area contributed by atoms with Gasteiger partial charge in [0, 0.05) is 15.4 Å². The Balaban J connectivity index is 1.89. The first kappa shape index (κ1) is 16.8. The normalized spacial score (nSPS) is 14.1. The summed E-state index contributed by atoms with van der Waals surface area (Å²) in [4.78, 5) is 20.1. The van der Waals surface area contributed by atoms with E-state index in [-0.39, 0.29) is 11.6 Å². The third kappa shape index (κ3) is 3.02. The van der Waals surface area contributed by atoms with Crippen LogP contribution >= 0.6 is 27.3 Å². The highest BCUT2D eigenvalue weighted by molar-refractivity contribution is 9.10. The quantitative estimate of drug-likeness (QED) is 0.565. The van der Waals surface area contributed by atoms with Gasteiger partial charge < -0.3 is 4.74 Å². The van der Waals surface area contributed by atoms with Crippen LogP contribution in [0.25, 0.3) is 10.2 Å². The van der Waals surface area contributed by atoms with Gasteiger partial charge in [0.05, 0.1) is 5.39 Å². The summed E-state index contributed by atoms with van der Waals surface area (Å²) in [5.41, 5.74) is 1.24. The second kappa shape index (κ2) is 6.57. The van der Waals surface area contributed by atoms with Crippen molar-refractivity contribution in [3.63, 3.8) is 0 Å². The maximum Gasteiger partial charge on any atom is 0.306 e. The average molecular weight is 419 g/mol. The molecule has 3 aromatic rings. The predicted octanol–water partition coefficient (Wildman–Crippen LogP) is 5.47. The minimum atomic E-state index is -0.0195. The van der Waals surface area contributed by atoms with Gasteiger partial charge in [0.2, 0.25) is 0 Å². The van der Waals surface area contributed by atoms with Crippen molar-refractivity contribution in [3.05, 3.63) is 49.5 Å². The second-order valence-electron chi connectivity index (χ2n) is 6.61. The van der Waals surface area contributed by atoms with Crippen molar-refractivity contribution in [1.29, 1.82) is 0 Å². The summed E-state index contributed by atoms with van der Waals surface area (Å²) in [6, 6.07) is 7.91. The molecule has 1 aliphatic rings. The SMILES string of the molecule is CC(C)n1c(Oc2ccc(Br)cc2)nc2sc3c(c2c1=O)CCCC3. The minimum absolute atomic E-state index is 0.0195. The molecular formula is C19H19BrN2O2S. The van der Waals surface area contributed by atoms with Gasteiger partial charge in [-0.3, -0.25) is 9.36 Å². The molecule has 2 aromatic heterocycles. The number of aryl methyl sites for hydroxylation is 2. The predicted molar refractivity (Wildman–Crippen MR) is 105 cm³/mol. The zero-order valence-electron chi connectivity index (χ0n) is 14.2. The van der Waals surface area contributed by atoms with Crippen LogP contribution in [-0.4, -0.2) is 9.55 Å². The number of benzene rings is 1. The largest absolute Gasteiger partial charge is 0.425 e. The molecular weight excluding hydrogens is 400 g/mol. The topological polar surface area (TPSA) is 44.1 Å². The Hall–Kier alpha value is -1.66. The zero-order valence-corrected chi connectivity index (χ0v) is 16.6. The van der Waals surface area contributed by atoms with E-state index in [1.54, 1.807) is 15.9 Å². The summed E-state index contributed by atoms with van der Waals surface area (Å²) >= 11 is 5.07. The lowest BCUT2D eigenvalue weighted by molar-refractivity contribution is 0.383. The van der Waals surface area contributed by atoms with Crippen LogP contribution in [0.2, 0.25) is 0 Å². The summed E-state index contributed by atoms with van der Waals surface area (Å²) in [7, 11) is 0. The molecule has 0 unspecified atom stereocenters. The fraction of sp³-hybridized carbons (Fsp3) is 0.368. The van der Waals surface area contributed by atoms with Gasteiger partial charge in [0.15, 0.2) is 0 Å². The number of halogens is 1. The molecule has 0 atom stereocenters. The lowest BCUT2D eigenvalue weighted by Gasteiger charge is -2.16. The number of rotatable bonds is 3. The van der Waals surface area contributed by atoms with Crippen molar-refractivity contribution in [2.24, 2.45) is 0 Å². The molecule has 6 heteroatoms. The lowest BCUT2D eigenvalue weighted by Crippen LogP contribution is -2.24. The van der Waals surface area contributed by atoms with Gasteiger partial charge in [-0.25, -0.2) is 0 Å². The number of ether oxygens (including phenoxy) is 1. The van der Waals surface area contributed by atoms with E-state index in [2.05, 4.69) is 15.9 Å². The minimum Gasteiger partial charge on any atom is -0.425 e. The molecule has 0 amide bonds. The fourth-order valence-corrected chi connectivity index (χ4v) is 4.84. The van der Waals surface area contributed by atoms with E-state index in [4.69, 9.17) is 9.72 Å². The van der Waals surface area contributed by atoms with Crippen molar-refractivity contribution < 1.29 is 4.74 Å². The molecule has 4 rings (SSSR count). The third-order valence-corrected chi connectivity index (χ3v) is 6.24. The highest BCUT2D eigenvalue weighted by Gasteiger charge is 2.23. The van der Waals surface area contributed by atoms with Crippen molar-refractivity contribution >= 4 is 37.5 Å². The van der Waals surface area contributed by atoms with Gasteiger partial charge in [0.1, 0.15) is 10.6 Å². The number of thiophene rings is 1. The summed E-state index contributed by atoms with van der Waals surface area (Å²) in [6.45, 7) is 3.98. The van der Waals surface area contributed by atoms with Crippen LogP contribution in [0.5, 0.6) is 11.8 Å². The molecule has 1 aromatic carbocycles. The molecule has 0 saturated heterocycles. The maximum absolute atomic E-state index is 13.2. The number of aromatic nitrogens is 2. The monoisotopic (exact) mass is 418 g/mol. The van der Waals surface area contributed by atoms with Crippen molar-refractivity contribution in [2.75, 3.05) is 0 Å². The molecule has 130 valence electrons. The first-order valence-electron chi connectivity index (χ1n) is 8.55. The molecule has 0 saturated carbocycles. The molecule has 4 nitrogen and oxygen atoms in total. The van der Waals surface area contributed by atoms with E-state index in [1.165, 1.54) is 16.9 Å². The molecule has 0 radical (unpaired) electrons. The number of nitrogens with zero attached hydrogens (tertiary/aromatic N) is 2. The molecule has 2 heterocycles. The van der Waals surface area contributed by atoms with Crippen LogP contribution in [0.1, 0.15) is 43.2 Å². The van der Waals surface area contributed by atoms with E-state index in [0.29, 0.717) is 11.8 Å². The van der Waals surface area contributed by atoms with Crippen molar-refractivity contribution in [1.82, 2.24) is 9.55 Å². The highest BCUT2D eigenvalue weighted by atomic mass is 79.9. The van der Waals surface area contributed by atoms with Gasteiger partial charge in [0.25, 0.3) is 5.56 Å². The van der Waals surface area contributed by atoms with Gasteiger partial charge in [-0.05, 0) is 69.4 Å². The molecule has 0 N–H and O–H groups in total. The molecule has 1 aliphatic carbocycles. The lowest BCUT2D eigenvalue weighted by atomic mass is 9.97. The molecule has 0 bridgehead atoms. The van der Waals surface area contributed by atoms with E-state index in [1.807, 2.05) is 38.1 Å². The van der Waals surface area contributed by atoms with Gasteiger partial charge in [-0.2, -0.15) is 4.98 Å². The standard InChI is InChI=1S/C19H19BrN2O2S/c1-11(2)22-18(23)16-14-5-3-4-6-15(14)25-17(16)21-19(22)24-13-9-7-12(20)8-10-13/h7-11H,3-6H2,1-2H3. The van der Waals surface area contributed by atoms with E-state index in [0.717, 1.165) is 34.0 Å². The van der Waals surface area contributed by atoms with Crippen LogP contribution in [0.4, 0.5) is 0 Å². The van der Waals surface area contributed by atoms with Crippen LogP contribution in [0.3, 0.4) is 0 Å². The van der Waals surface area contributed by atoms with Gasteiger partial charge in [-0.15, -0.1) is 11.3 Å². The third-order valence-electron chi connectivity index (χ3n) is 4.53. The maximum atomic E-state index is 13.2. The molecule has 0 spiro atoms. The Morgan fingerprint density at radius 1 is 1.20 bits per heavy atom. The smallest absolute Gasteiger partial charge is 0.306 e. The highest BCUT2D eigenvalue weighted by Crippen LogP contribution is 2.35. The number of hydrogen-bond donors (Lipinski definition) is 0. The summed E-state index contributed by atoms with van der Waals surface area (Å²) in [5.74, 6) is 0.671. The number of hydrogen-bond acceptors (Lipinski definition) is 4. The van der Waals surface area contributed by atoms with E-state index >= 15 is 0 Å². The Kier molecular flexibility index (Phi) is 4.41. The zero-order chi connectivity index (χ0) is 17.6. The molecule has 0 aliphatic heterocycles.